The van der Waals surface area contributed by atoms with Gasteiger partial charge in [-0.15, -0.1) is 0 Å². The molecule has 0 aliphatic carbocycles. The van der Waals surface area contributed by atoms with Gasteiger partial charge in [0.2, 0.25) is 11.9 Å². The second-order valence-electron chi connectivity index (χ2n) is 8.93. The highest BCUT2D eigenvalue weighted by molar-refractivity contribution is 9.10. The second kappa shape index (κ2) is 10.6. The predicted octanol–water partition coefficient (Wildman–Crippen LogP) is 4.95. The molecule has 2 aromatic heterocycles. The molecule has 0 bridgehead atoms. The first-order valence-electron chi connectivity index (χ1n) is 11.8. The van der Waals surface area contributed by atoms with Crippen LogP contribution >= 0.6 is 23.9 Å². The van der Waals surface area contributed by atoms with Crippen LogP contribution in [0.3, 0.4) is 0 Å². The third-order valence-corrected chi connectivity index (χ3v) is 8.21. The van der Waals surface area contributed by atoms with E-state index in [0.29, 0.717) is 30.6 Å². The van der Waals surface area contributed by atoms with Crippen molar-refractivity contribution in [2.24, 2.45) is 0 Å². The fourth-order valence-corrected chi connectivity index (χ4v) is 5.96. The second-order valence-corrected chi connectivity index (χ2v) is 12.0. The Hall–Kier alpha value is -3.36. The van der Waals surface area contributed by atoms with Gasteiger partial charge in [0.25, 0.3) is 0 Å². The molecule has 4 aromatic rings. The molecule has 11 heteroatoms. The van der Waals surface area contributed by atoms with E-state index >= 15 is 0 Å². The van der Waals surface area contributed by atoms with Gasteiger partial charge in [0.05, 0.1) is 28.3 Å². The summed E-state index contributed by atoms with van der Waals surface area (Å²) in [6, 6.07) is 8.03. The number of anilines is 4. The van der Waals surface area contributed by atoms with Gasteiger partial charge in [0.15, 0.2) is 0 Å². The minimum atomic E-state index is -0.469. The van der Waals surface area contributed by atoms with Crippen LogP contribution in [0.15, 0.2) is 47.3 Å². The lowest BCUT2D eigenvalue weighted by molar-refractivity contribution is -0.129. The van der Waals surface area contributed by atoms with Gasteiger partial charge in [-0.1, -0.05) is 7.92 Å². The van der Waals surface area contributed by atoms with E-state index in [2.05, 4.69) is 60.9 Å². The van der Waals surface area contributed by atoms with Gasteiger partial charge < -0.3 is 20.3 Å². The van der Waals surface area contributed by atoms with Crippen LogP contribution in [0.25, 0.3) is 11.0 Å². The molecule has 1 amide bonds. The van der Waals surface area contributed by atoms with Gasteiger partial charge in [0, 0.05) is 49.6 Å². The summed E-state index contributed by atoms with van der Waals surface area (Å²) in [7, 11) is 1.16. The molecular formula is C26H27BrN7O2P. The first-order valence-corrected chi connectivity index (χ1v) is 14.8. The van der Waals surface area contributed by atoms with Crippen LogP contribution in [0.2, 0.25) is 0 Å². The van der Waals surface area contributed by atoms with E-state index in [1.807, 2.05) is 23.1 Å². The molecule has 3 heterocycles. The Morgan fingerprint density at radius 2 is 1.89 bits per heavy atom. The van der Waals surface area contributed by atoms with Crippen molar-refractivity contribution in [3.63, 3.8) is 0 Å². The minimum Gasteiger partial charge on any atom is -0.495 e. The summed E-state index contributed by atoms with van der Waals surface area (Å²) in [5, 5.41) is 7.93. The quantitative estimate of drug-likeness (QED) is 0.309. The largest absolute Gasteiger partial charge is 0.495 e. The van der Waals surface area contributed by atoms with Crippen LogP contribution in [0, 0.1) is 0 Å². The summed E-state index contributed by atoms with van der Waals surface area (Å²) in [5.74, 6) is 1.81. The van der Waals surface area contributed by atoms with Crippen molar-refractivity contribution in [2.45, 2.75) is 19.9 Å². The van der Waals surface area contributed by atoms with Crippen molar-refractivity contribution in [1.29, 1.82) is 0 Å². The van der Waals surface area contributed by atoms with Crippen molar-refractivity contribution >= 4 is 69.2 Å². The van der Waals surface area contributed by atoms with Gasteiger partial charge in [-0.25, -0.2) is 4.98 Å². The predicted molar refractivity (Wildman–Crippen MR) is 152 cm³/mol. The molecule has 0 saturated carbocycles. The SMILES string of the molecule is COc1cc2c(cc1Nc1ncc(Br)c(Nc3ccc4nccnc4c3P(C)C)n1)CCN(C(C)=O)C2. The van der Waals surface area contributed by atoms with Crippen LogP contribution in [0.1, 0.15) is 18.1 Å². The smallest absolute Gasteiger partial charge is 0.229 e. The Morgan fingerprint density at radius 1 is 1.08 bits per heavy atom. The number of nitrogens with zero attached hydrogens (tertiary/aromatic N) is 5. The number of ether oxygens (including phenoxy) is 1. The molecule has 5 rings (SSSR count). The van der Waals surface area contributed by atoms with E-state index in [1.54, 1.807) is 32.6 Å². The molecule has 2 aromatic carbocycles. The number of aromatic nitrogens is 4. The highest BCUT2D eigenvalue weighted by Gasteiger charge is 2.21. The fraction of sp³-hybridized carbons (Fsp3) is 0.269. The molecule has 0 atom stereocenters. The Morgan fingerprint density at radius 3 is 2.65 bits per heavy atom. The maximum Gasteiger partial charge on any atom is 0.229 e. The molecule has 9 nitrogen and oxygen atoms in total. The van der Waals surface area contributed by atoms with E-state index in [1.165, 1.54) is 5.56 Å². The Balaban J connectivity index is 1.46. The van der Waals surface area contributed by atoms with Gasteiger partial charge >= 0.3 is 0 Å². The summed E-state index contributed by atoms with van der Waals surface area (Å²) in [6.07, 6.45) is 5.93. The van der Waals surface area contributed by atoms with Crippen LogP contribution in [-0.4, -0.2) is 57.7 Å². The number of nitrogens with one attached hydrogen (secondary N) is 2. The number of halogens is 1. The Labute approximate surface area is 225 Å². The lowest BCUT2D eigenvalue weighted by Gasteiger charge is -2.29. The number of amides is 1. The number of methoxy groups -OCH3 is 1. The zero-order valence-electron chi connectivity index (χ0n) is 21.0. The molecule has 190 valence electrons. The number of benzene rings is 2. The standard InChI is InChI=1S/C26H27BrN7O2P/c1-15(35)34-10-7-16-11-21(22(36-2)12-17(16)14-34)32-26-30-13-18(27)25(33-26)31-20-6-5-19-23(24(20)37(3)4)29-9-8-28-19/h5-6,8-9,11-13H,7,10,14H2,1-4H3,(H2,30,31,32,33). The zero-order chi connectivity index (χ0) is 26.1. The number of carbonyl (C=O) groups excluding carboxylic acids is 1. The average Bonchev–Trinajstić information content (AvgIpc) is 2.89. The molecule has 1 aliphatic heterocycles. The number of hydrogen-bond acceptors (Lipinski definition) is 8. The highest BCUT2D eigenvalue weighted by atomic mass is 79.9. The number of fused-ring (bicyclic) bond motifs is 2. The lowest BCUT2D eigenvalue weighted by atomic mass is 9.98. The third-order valence-electron chi connectivity index (χ3n) is 6.28. The average molecular weight is 580 g/mol. The molecule has 0 fully saturated rings. The van der Waals surface area contributed by atoms with Crippen LogP contribution in [0.4, 0.5) is 23.1 Å². The maximum absolute atomic E-state index is 11.8. The molecule has 0 spiro atoms. The van der Waals surface area contributed by atoms with Gasteiger partial charge in [-0.05, 0) is 71.1 Å². The first kappa shape index (κ1) is 25.3. The molecular weight excluding hydrogens is 553 g/mol. The van der Waals surface area contributed by atoms with Crippen LogP contribution in [0.5, 0.6) is 5.75 Å². The van der Waals surface area contributed by atoms with Crippen molar-refractivity contribution < 1.29 is 9.53 Å². The molecule has 37 heavy (non-hydrogen) atoms. The molecule has 0 saturated heterocycles. The van der Waals surface area contributed by atoms with E-state index in [0.717, 1.165) is 44.2 Å². The monoisotopic (exact) mass is 579 g/mol. The van der Waals surface area contributed by atoms with E-state index < -0.39 is 7.92 Å². The van der Waals surface area contributed by atoms with E-state index in [9.17, 15) is 4.79 Å². The topological polar surface area (TPSA) is 105 Å². The first-order chi connectivity index (χ1) is 17.8. The normalized spacial score (nSPS) is 13.0. The third kappa shape index (κ3) is 5.22. The minimum absolute atomic E-state index is 0.0791. The van der Waals surface area contributed by atoms with E-state index in [-0.39, 0.29) is 5.91 Å². The Kier molecular flexibility index (Phi) is 7.22. The van der Waals surface area contributed by atoms with Crippen LogP contribution < -0.4 is 20.7 Å². The van der Waals surface area contributed by atoms with Gasteiger partial charge in [-0.2, -0.15) is 4.98 Å². The number of carbonyl (C=O) groups is 1. The van der Waals surface area contributed by atoms with Crippen molar-refractivity contribution in [2.75, 3.05) is 37.6 Å². The Bertz CT molecular complexity index is 1500. The fourth-order valence-electron chi connectivity index (χ4n) is 4.46. The summed E-state index contributed by atoms with van der Waals surface area (Å²) >= 11 is 3.58. The van der Waals surface area contributed by atoms with Gasteiger partial charge in [-0.3, -0.25) is 14.8 Å². The molecule has 0 unspecified atom stereocenters. The van der Waals surface area contributed by atoms with Crippen molar-refractivity contribution in [1.82, 2.24) is 24.8 Å². The van der Waals surface area contributed by atoms with Crippen molar-refractivity contribution in [3.8, 4) is 5.75 Å². The number of hydrogen-bond donors (Lipinski definition) is 2. The molecule has 2 N–H and O–H groups in total. The molecule has 0 radical (unpaired) electrons. The summed E-state index contributed by atoms with van der Waals surface area (Å²) in [6.45, 7) is 7.28. The maximum atomic E-state index is 11.8. The summed E-state index contributed by atoms with van der Waals surface area (Å²) < 4.78 is 6.39. The zero-order valence-corrected chi connectivity index (χ0v) is 23.5. The van der Waals surface area contributed by atoms with Gasteiger partial charge in [0.1, 0.15) is 11.6 Å². The highest BCUT2D eigenvalue weighted by Crippen LogP contribution is 2.36. The summed E-state index contributed by atoms with van der Waals surface area (Å²) in [5.41, 5.74) is 5.75. The van der Waals surface area contributed by atoms with Crippen LogP contribution in [-0.2, 0) is 17.8 Å². The van der Waals surface area contributed by atoms with E-state index in [4.69, 9.17) is 9.72 Å². The molecule has 1 aliphatic rings. The number of rotatable bonds is 6. The van der Waals surface area contributed by atoms with Crippen molar-refractivity contribution in [3.05, 3.63) is 58.5 Å². The summed E-state index contributed by atoms with van der Waals surface area (Å²) in [4.78, 5) is 31.9. The lowest BCUT2D eigenvalue weighted by Crippen LogP contribution is -2.34.